The van der Waals surface area contributed by atoms with E-state index in [9.17, 15) is 4.39 Å². The summed E-state index contributed by atoms with van der Waals surface area (Å²) in [6, 6.07) is 6.43. The van der Waals surface area contributed by atoms with E-state index in [0.29, 0.717) is 5.88 Å². The molecule has 0 aliphatic heterocycles. The van der Waals surface area contributed by atoms with Gasteiger partial charge in [-0.2, -0.15) is 5.10 Å². The van der Waals surface area contributed by atoms with E-state index in [2.05, 4.69) is 12.0 Å². The van der Waals surface area contributed by atoms with Crippen LogP contribution in [0.3, 0.4) is 0 Å². The lowest BCUT2D eigenvalue weighted by molar-refractivity contribution is 0.624. The first-order valence-corrected chi connectivity index (χ1v) is 6.17. The second-order valence-electron chi connectivity index (χ2n) is 3.89. The summed E-state index contributed by atoms with van der Waals surface area (Å²) in [5, 5.41) is 4.28. The first-order valence-electron chi connectivity index (χ1n) is 5.64. The van der Waals surface area contributed by atoms with Crippen LogP contribution in [0.25, 0.3) is 5.69 Å². The number of nitrogens with zero attached hydrogens (tertiary/aromatic N) is 2. The smallest absolute Gasteiger partial charge is 0.125 e. The molecule has 17 heavy (non-hydrogen) atoms. The zero-order chi connectivity index (χ0) is 12.3. The van der Waals surface area contributed by atoms with Crippen LogP contribution in [-0.4, -0.2) is 9.78 Å². The van der Waals surface area contributed by atoms with Gasteiger partial charge in [0.05, 0.1) is 17.8 Å². The van der Waals surface area contributed by atoms with Gasteiger partial charge in [0.15, 0.2) is 0 Å². The van der Waals surface area contributed by atoms with Crippen molar-refractivity contribution in [3.63, 3.8) is 0 Å². The van der Waals surface area contributed by atoms with Crippen LogP contribution in [0.2, 0.25) is 0 Å². The van der Waals surface area contributed by atoms with Crippen LogP contribution in [0.15, 0.2) is 30.5 Å². The first kappa shape index (κ1) is 12.1. The number of aromatic nitrogens is 2. The van der Waals surface area contributed by atoms with E-state index in [1.807, 2.05) is 6.07 Å². The molecule has 2 rings (SSSR count). The summed E-state index contributed by atoms with van der Waals surface area (Å²) in [7, 11) is 0. The molecular formula is C13H14ClFN2. The van der Waals surface area contributed by atoms with E-state index in [0.717, 1.165) is 29.8 Å². The molecule has 0 amide bonds. The van der Waals surface area contributed by atoms with Crippen molar-refractivity contribution >= 4 is 11.6 Å². The van der Waals surface area contributed by atoms with Gasteiger partial charge < -0.3 is 0 Å². The molecule has 2 nitrogen and oxygen atoms in total. The van der Waals surface area contributed by atoms with E-state index in [1.54, 1.807) is 16.9 Å². The highest BCUT2D eigenvalue weighted by Gasteiger charge is 2.10. The van der Waals surface area contributed by atoms with Crippen molar-refractivity contribution in [2.24, 2.45) is 0 Å². The lowest BCUT2D eigenvalue weighted by Gasteiger charge is -2.08. The Balaban J connectivity index is 2.47. The van der Waals surface area contributed by atoms with E-state index in [-0.39, 0.29) is 5.82 Å². The normalized spacial score (nSPS) is 10.8. The number of halogens is 2. The standard InChI is InChI=1S/C13H14ClFN2/c1-2-4-13-10(8-14)9-16-17(13)12-6-3-5-11(15)7-12/h3,5-7,9H,2,4,8H2,1H3. The molecule has 0 fully saturated rings. The van der Waals surface area contributed by atoms with E-state index in [1.165, 1.54) is 12.1 Å². The van der Waals surface area contributed by atoms with Crippen molar-refractivity contribution in [3.8, 4) is 5.69 Å². The summed E-state index contributed by atoms with van der Waals surface area (Å²) in [4.78, 5) is 0. The molecule has 0 aliphatic rings. The lowest BCUT2D eigenvalue weighted by Crippen LogP contribution is -2.03. The Hall–Kier alpha value is -1.35. The quantitative estimate of drug-likeness (QED) is 0.759. The molecular weight excluding hydrogens is 239 g/mol. The number of rotatable bonds is 4. The van der Waals surface area contributed by atoms with E-state index >= 15 is 0 Å². The molecule has 0 N–H and O–H groups in total. The molecule has 0 saturated carbocycles. The van der Waals surface area contributed by atoms with Crippen molar-refractivity contribution in [2.75, 3.05) is 0 Å². The Morgan fingerprint density at radius 2 is 2.24 bits per heavy atom. The maximum atomic E-state index is 13.2. The Kier molecular flexibility index (Phi) is 3.79. The van der Waals surface area contributed by atoms with Crippen LogP contribution >= 0.6 is 11.6 Å². The predicted molar refractivity (Wildman–Crippen MR) is 67.1 cm³/mol. The SMILES string of the molecule is CCCc1c(CCl)cnn1-c1cccc(F)c1. The molecule has 0 saturated heterocycles. The molecule has 2 aromatic rings. The fourth-order valence-electron chi connectivity index (χ4n) is 1.85. The molecule has 0 bridgehead atoms. The number of hydrogen-bond donors (Lipinski definition) is 0. The second kappa shape index (κ2) is 5.32. The summed E-state index contributed by atoms with van der Waals surface area (Å²) in [6.07, 6.45) is 3.65. The number of hydrogen-bond acceptors (Lipinski definition) is 1. The molecule has 0 unspecified atom stereocenters. The zero-order valence-electron chi connectivity index (χ0n) is 9.66. The van der Waals surface area contributed by atoms with Crippen molar-refractivity contribution in [1.29, 1.82) is 0 Å². The van der Waals surface area contributed by atoms with Crippen LogP contribution in [-0.2, 0) is 12.3 Å². The van der Waals surface area contributed by atoms with Gasteiger partial charge in [0.25, 0.3) is 0 Å². The summed E-state index contributed by atoms with van der Waals surface area (Å²) in [5.74, 6) is 0.179. The lowest BCUT2D eigenvalue weighted by atomic mass is 10.2. The number of alkyl halides is 1. The molecule has 1 heterocycles. The Morgan fingerprint density at radius 3 is 2.88 bits per heavy atom. The monoisotopic (exact) mass is 252 g/mol. The highest BCUT2D eigenvalue weighted by molar-refractivity contribution is 6.17. The maximum Gasteiger partial charge on any atom is 0.125 e. The molecule has 0 spiro atoms. The first-order chi connectivity index (χ1) is 8.26. The maximum absolute atomic E-state index is 13.2. The third-order valence-electron chi connectivity index (χ3n) is 2.64. The van der Waals surface area contributed by atoms with Crippen molar-refractivity contribution in [1.82, 2.24) is 9.78 Å². The molecule has 1 aromatic carbocycles. The van der Waals surface area contributed by atoms with Crippen LogP contribution < -0.4 is 0 Å². The fraction of sp³-hybridized carbons (Fsp3) is 0.308. The van der Waals surface area contributed by atoms with E-state index < -0.39 is 0 Å². The van der Waals surface area contributed by atoms with Gasteiger partial charge in [-0.05, 0) is 24.6 Å². The summed E-state index contributed by atoms with van der Waals surface area (Å²) in [5.41, 5.74) is 2.82. The molecule has 1 aromatic heterocycles. The minimum absolute atomic E-state index is 0.257. The second-order valence-corrected chi connectivity index (χ2v) is 4.16. The van der Waals surface area contributed by atoms with Gasteiger partial charge in [-0.3, -0.25) is 0 Å². The van der Waals surface area contributed by atoms with Crippen LogP contribution in [0.5, 0.6) is 0 Å². The molecule has 0 radical (unpaired) electrons. The van der Waals surface area contributed by atoms with Crippen LogP contribution in [0, 0.1) is 5.82 Å². The fourth-order valence-corrected chi connectivity index (χ4v) is 2.08. The van der Waals surface area contributed by atoms with Crippen molar-refractivity contribution in [2.45, 2.75) is 25.6 Å². The topological polar surface area (TPSA) is 17.8 Å². The highest BCUT2D eigenvalue weighted by Crippen LogP contribution is 2.18. The third-order valence-corrected chi connectivity index (χ3v) is 2.93. The minimum Gasteiger partial charge on any atom is -0.237 e. The highest BCUT2D eigenvalue weighted by atomic mass is 35.5. The van der Waals surface area contributed by atoms with Gasteiger partial charge in [0.1, 0.15) is 5.82 Å². The average molecular weight is 253 g/mol. The van der Waals surface area contributed by atoms with Crippen molar-refractivity contribution < 1.29 is 4.39 Å². The van der Waals surface area contributed by atoms with Crippen LogP contribution in [0.4, 0.5) is 4.39 Å². The largest absolute Gasteiger partial charge is 0.237 e. The Morgan fingerprint density at radius 1 is 1.41 bits per heavy atom. The third kappa shape index (κ3) is 2.50. The van der Waals surface area contributed by atoms with E-state index in [4.69, 9.17) is 11.6 Å². The summed E-state index contributed by atoms with van der Waals surface area (Å²) < 4.78 is 15.0. The zero-order valence-corrected chi connectivity index (χ0v) is 10.4. The molecule has 90 valence electrons. The van der Waals surface area contributed by atoms with Gasteiger partial charge in [-0.25, -0.2) is 9.07 Å². The van der Waals surface area contributed by atoms with Gasteiger partial charge in [0.2, 0.25) is 0 Å². The average Bonchev–Trinajstić information content (AvgIpc) is 2.72. The van der Waals surface area contributed by atoms with Gasteiger partial charge >= 0.3 is 0 Å². The van der Waals surface area contributed by atoms with Gasteiger partial charge in [-0.1, -0.05) is 19.4 Å². The molecule has 0 atom stereocenters. The predicted octanol–water partition coefficient (Wildman–Crippen LogP) is 3.70. The number of benzene rings is 1. The van der Waals surface area contributed by atoms with Crippen molar-refractivity contribution in [3.05, 3.63) is 47.5 Å². The van der Waals surface area contributed by atoms with Gasteiger partial charge in [0, 0.05) is 11.3 Å². The Bertz CT molecular complexity index is 508. The minimum atomic E-state index is -0.257. The van der Waals surface area contributed by atoms with Gasteiger partial charge in [-0.15, -0.1) is 11.6 Å². The summed E-state index contributed by atoms with van der Waals surface area (Å²) >= 11 is 5.87. The Labute approximate surface area is 105 Å². The summed E-state index contributed by atoms with van der Waals surface area (Å²) in [6.45, 7) is 2.10. The molecule has 4 heteroatoms. The molecule has 0 aliphatic carbocycles. The van der Waals surface area contributed by atoms with Crippen LogP contribution in [0.1, 0.15) is 24.6 Å².